The van der Waals surface area contributed by atoms with Gasteiger partial charge in [-0.25, -0.2) is 0 Å². The van der Waals surface area contributed by atoms with Gasteiger partial charge in [0.2, 0.25) is 0 Å². The average molecular weight is 376 g/mol. The molecule has 0 saturated heterocycles. The highest BCUT2D eigenvalue weighted by Gasteiger charge is 2.20. The van der Waals surface area contributed by atoms with Crippen molar-refractivity contribution < 1.29 is 14.3 Å². The number of halogens is 1. The molecule has 0 aromatic heterocycles. The van der Waals surface area contributed by atoms with E-state index in [4.69, 9.17) is 10.5 Å². The zero-order chi connectivity index (χ0) is 17.6. The van der Waals surface area contributed by atoms with Gasteiger partial charge in [-0.2, -0.15) is 0 Å². The highest BCUT2D eigenvalue weighted by atomic mass is 35.5. The highest BCUT2D eigenvalue weighted by Crippen LogP contribution is 2.28. The van der Waals surface area contributed by atoms with Crippen molar-refractivity contribution in [3.8, 4) is 5.75 Å². The number of anilines is 1. The van der Waals surface area contributed by atoms with Gasteiger partial charge < -0.3 is 20.7 Å². The SMILES string of the molecule is Cl.NCCN(CCc1ccccc1)C(=O)c1ccc2c(c1)NC(=O)CO2. The van der Waals surface area contributed by atoms with Crippen molar-refractivity contribution in [2.45, 2.75) is 6.42 Å². The number of nitrogens with one attached hydrogen (secondary N) is 1. The smallest absolute Gasteiger partial charge is 0.262 e. The molecule has 6 nitrogen and oxygen atoms in total. The predicted octanol–water partition coefficient (Wildman–Crippen LogP) is 2.08. The van der Waals surface area contributed by atoms with Crippen LogP contribution in [0.25, 0.3) is 0 Å². The van der Waals surface area contributed by atoms with E-state index in [1.807, 2.05) is 30.3 Å². The van der Waals surface area contributed by atoms with Gasteiger partial charge in [-0.05, 0) is 30.2 Å². The van der Waals surface area contributed by atoms with E-state index in [-0.39, 0.29) is 30.8 Å². The molecule has 1 aliphatic heterocycles. The molecule has 0 bridgehead atoms. The molecule has 0 saturated carbocycles. The molecule has 0 radical (unpaired) electrons. The third kappa shape index (κ3) is 4.74. The molecule has 2 aromatic rings. The summed E-state index contributed by atoms with van der Waals surface area (Å²) in [6, 6.07) is 15.1. The van der Waals surface area contributed by atoms with E-state index in [1.165, 1.54) is 5.56 Å². The molecule has 0 aliphatic carbocycles. The molecule has 0 atom stereocenters. The van der Waals surface area contributed by atoms with Crippen LogP contribution in [0.5, 0.6) is 5.75 Å². The van der Waals surface area contributed by atoms with Crippen molar-refractivity contribution >= 4 is 29.9 Å². The Morgan fingerprint density at radius 2 is 1.92 bits per heavy atom. The van der Waals surface area contributed by atoms with Crippen molar-refractivity contribution in [3.63, 3.8) is 0 Å². The zero-order valence-electron chi connectivity index (χ0n) is 14.3. The maximum Gasteiger partial charge on any atom is 0.262 e. The summed E-state index contributed by atoms with van der Waals surface area (Å²) in [5, 5.41) is 2.72. The number of hydrogen-bond acceptors (Lipinski definition) is 4. The van der Waals surface area contributed by atoms with E-state index in [0.29, 0.717) is 36.6 Å². The van der Waals surface area contributed by atoms with E-state index in [1.54, 1.807) is 23.1 Å². The van der Waals surface area contributed by atoms with Crippen molar-refractivity contribution in [1.29, 1.82) is 0 Å². The van der Waals surface area contributed by atoms with Gasteiger partial charge in [0.15, 0.2) is 6.61 Å². The fraction of sp³-hybridized carbons (Fsp3) is 0.263. The second kappa shape index (κ2) is 9.22. The van der Waals surface area contributed by atoms with Crippen LogP contribution < -0.4 is 15.8 Å². The van der Waals surface area contributed by atoms with Crippen LogP contribution in [0.1, 0.15) is 15.9 Å². The van der Waals surface area contributed by atoms with Crippen molar-refractivity contribution in [1.82, 2.24) is 4.90 Å². The molecular formula is C19H22ClN3O3. The second-order valence-corrected chi connectivity index (χ2v) is 5.86. The Balaban J connectivity index is 0.00000243. The molecule has 1 heterocycles. The van der Waals surface area contributed by atoms with E-state index >= 15 is 0 Å². The van der Waals surface area contributed by atoms with Crippen LogP contribution in [-0.2, 0) is 11.2 Å². The lowest BCUT2D eigenvalue weighted by atomic mass is 10.1. The van der Waals surface area contributed by atoms with Crippen LogP contribution in [0.4, 0.5) is 5.69 Å². The van der Waals surface area contributed by atoms with Gasteiger partial charge in [0.1, 0.15) is 5.75 Å². The van der Waals surface area contributed by atoms with E-state index in [2.05, 4.69) is 5.32 Å². The minimum atomic E-state index is -0.222. The van der Waals surface area contributed by atoms with Crippen LogP contribution in [0.15, 0.2) is 48.5 Å². The average Bonchev–Trinajstić information content (AvgIpc) is 2.64. The molecule has 3 N–H and O–H groups in total. The number of fused-ring (bicyclic) bond motifs is 1. The maximum absolute atomic E-state index is 12.8. The summed E-state index contributed by atoms with van der Waals surface area (Å²) in [7, 11) is 0. The fourth-order valence-corrected chi connectivity index (χ4v) is 2.78. The minimum Gasteiger partial charge on any atom is -0.482 e. The number of amides is 2. The topological polar surface area (TPSA) is 84.7 Å². The van der Waals surface area contributed by atoms with Crippen molar-refractivity contribution in [3.05, 3.63) is 59.7 Å². The summed E-state index contributed by atoms with van der Waals surface area (Å²) in [6.45, 7) is 1.45. The largest absolute Gasteiger partial charge is 0.482 e. The molecule has 0 spiro atoms. The predicted molar refractivity (Wildman–Crippen MR) is 103 cm³/mol. The summed E-state index contributed by atoms with van der Waals surface area (Å²) in [6.07, 6.45) is 0.761. The van der Waals surface area contributed by atoms with Crippen molar-refractivity contribution in [2.24, 2.45) is 5.73 Å². The first-order valence-electron chi connectivity index (χ1n) is 8.27. The molecule has 26 heavy (non-hydrogen) atoms. The first-order valence-corrected chi connectivity index (χ1v) is 8.27. The minimum absolute atomic E-state index is 0. The summed E-state index contributed by atoms with van der Waals surface area (Å²) >= 11 is 0. The third-order valence-corrected chi connectivity index (χ3v) is 4.06. The zero-order valence-corrected chi connectivity index (χ0v) is 15.1. The van der Waals surface area contributed by atoms with Gasteiger partial charge in [0.05, 0.1) is 5.69 Å². The van der Waals surface area contributed by atoms with Crippen LogP contribution in [0.2, 0.25) is 0 Å². The third-order valence-electron chi connectivity index (χ3n) is 4.06. The van der Waals surface area contributed by atoms with Gasteiger partial charge in [-0.15, -0.1) is 12.4 Å². The first kappa shape index (κ1) is 19.8. The van der Waals surface area contributed by atoms with Crippen LogP contribution in [0.3, 0.4) is 0 Å². The normalized spacial score (nSPS) is 12.3. The quantitative estimate of drug-likeness (QED) is 0.809. The molecule has 2 amide bonds. The fourth-order valence-electron chi connectivity index (χ4n) is 2.78. The van der Waals surface area contributed by atoms with Gasteiger partial charge in [-0.1, -0.05) is 30.3 Å². The summed E-state index contributed by atoms with van der Waals surface area (Å²) in [5.74, 6) is 0.245. The number of carbonyl (C=O) groups excluding carboxylic acids is 2. The monoisotopic (exact) mass is 375 g/mol. The summed E-state index contributed by atoms with van der Waals surface area (Å²) in [4.78, 5) is 26.0. The van der Waals surface area contributed by atoms with Crippen molar-refractivity contribution in [2.75, 3.05) is 31.6 Å². The van der Waals surface area contributed by atoms with E-state index < -0.39 is 0 Å². The molecule has 138 valence electrons. The molecule has 0 fully saturated rings. The lowest BCUT2D eigenvalue weighted by Gasteiger charge is -2.24. The number of ether oxygens (including phenoxy) is 1. The van der Waals surface area contributed by atoms with Crippen LogP contribution in [-0.4, -0.2) is 43.0 Å². The lowest BCUT2D eigenvalue weighted by molar-refractivity contribution is -0.118. The van der Waals surface area contributed by atoms with Crippen LogP contribution >= 0.6 is 12.4 Å². The Morgan fingerprint density at radius 3 is 2.65 bits per heavy atom. The Bertz CT molecular complexity index is 768. The standard InChI is InChI=1S/C19H21N3O3.ClH/c20-9-11-22(10-8-14-4-2-1-3-5-14)19(24)15-6-7-17-16(12-15)21-18(23)13-25-17;/h1-7,12H,8-11,13,20H2,(H,21,23);1H. The Kier molecular flexibility index (Phi) is 7.00. The summed E-state index contributed by atoms with van der Waals surface area (Å²) < 4.78 is 5.33. The molecule has 0 unspecified atom stereocenters. The van der Waals surface area contributed by atoms with Crippen LogP contribution in [0, 0.1) is 0 Å². The van der Waals surface area contributed by atoms with E-state index in [9.17, 15) is 9.59 Å². The number of carbonyl (C=O) groups is 2. The Morgan fingerprint density at radius 1 is 1.15 bits per heavy atom. The number of hydrogen-bond donors (Lipinski definition) is 2. The Hall–Kier alpha value is -2.57. The summed E-state index contributed by atoms with van der Waals surface area (Å²) in [5.41, 5.74) is 7.87. The van der Waals surface area contributed by atoms with Gasteiger partial charge >= 0.3 is 0 Å². The van der Waals surface area contributed by atoms with E-state index in [0.717, 1.165) is 6.42 Å². The van der Waals surface area contributed by atoms with Gasteiger partial charge in [0, 0.05) is 25.2 Å². The molecule has 1 aliphatic rings. The highest BCUT2D eigenvalue weighted by molar-refractivity contribution is 5.99. The van der Waals surface area contributed by atoms with Gasteiger partial charge in [-0.3, -0.25) is 9.59 Å². The molecule has 7 heteroatoms. The number of benzene rings is 2. The number of nitrogens with two attached hydrogens (primary N) is 1. The molecule has 2 aromatic carbocycles. The second-order valence-electron chi connectivity index (χ2n) is 5.86. The maximum atomic E-state index is 12.8. The molecule has 3 rings (SSSR count). The lowest BCUT2D eigenvalue weighted by Crippen LogP contribution is -2.37. The Labute approximate surface area is 158 Å². The number of nitrogens with zero attached hydrogens (tertiary/aromatic N) is 1. The first-order chi connectivity index (χ1) is 12.2. The molecular weight excluding hydrogens is 354 g/mol. The van der Waals surface area contributed by atoms with Gasteiger partial charge in [0.25, 0.3) is 11.8 Å². The number of rotatable bonds is 6.